The highest BCUT2D eigenvalue weighted by Crippen LogP contribution is 2.22. The number of benzene rings is 1. The first-order valence-corrected chi connectivity index (χ1v) is 9.63. The van der Waals surface area contributed by atoms with Gasteiger partial charge in [-0.15, -0.1) is 0 Å². The maximum atomic E-state index is 12.5. The normalized spacial score (nSPS) is 11.0. The van der Waals surface area contributed by atoms with Crippen molar-refractivity contribution >= 4 is 29.2 Å². The van der Waals surface area contributed by atoms with E-state index in [-0.39, 0.29) is 6.03 Å². The molecule has 0 saturated carbocycles. The van der Waals surface area contributed by atoms with Crippen molar-refractivity contribution in [3.8, 4) is 0 Å². The minimum absolute atomic E-state index is 0.0559. The summed E-state index contributed by atoms with van der Waals surface area (Å²) in [6, 6.07) is 5.41. The summed E-state index contributed by atoms with van der Waals surface area (Å²) in [6.07, 6.45) is 4.55. The van der Waals surface area contributed by atoms with Crippen LogP contribution in [0.1, 0.15) is 38.6 Å². The first kappa shape index (κ1) is 20.6. The smallest absolute Gasteiger partial charge is 0.317 e. The van der Waals surface area contributed by atoms with Crippen LogP contribution in [0.25, 0.3) is 0 Å². The van der Waals surface area contributed by atoms with Crippen molar-refractivity contribution in [2.75, 3.05) is 13.1 Å². The molecule has 0 spiro atoms. The van der Waals surface area contributed by atoms with Gasteiger partial charge < -0.3 is 14.8 Å². The van der Waals surface area contributed by atoms with Crippen LogP contribution in [0.4, 0.5) is 4.79 Å². The van der Waals surface area contributed by atoms with E-state index in [1.807, 2.05) is 34.7 Å². The maximum absolute atomic E-state index is 12.5. The van der Waals surface area contributed by atoms with Crippen LogP contribution in [0.2, 0.25) is 10.0 Å². The Morgan fingerprint density at radius 2 is 2.12 bits per heavy atom. The van der Waals surface area contributed by atoms with Gasteiger partial charge in [-0.3, -0.25) is 0 Å². The van der Waals surface area contributed by atoms with Gasteiger partial charge in [-0.2, -0.15) is 0 Å². The molecule has 1 aromatic heterocycles. The summed E-state index contributed by atoms with van der Waals surface area (Å²) < 4.78 is 2.01. The lowest BCUT2D eigenvalue weighted by atomic mass is 10.2. The van der Waals surface area contributed by atoms with Crippen LogP contribution in [0.5, 0.6) is 0 Å². The molecule has 0 aliphatic carbocycles. The molecule has 0 bridgehead atoms. The van der Waals surface area contributed by atoms with Crippen LogP contribution >= 0.6 is 23.2 Å². The summed E-state index contributed by atoms with van der Waals surface area (Å²) in [6.45, 7) is 8.60. The molecule has 2 amide bonds. The quantitative estimate of drug-likeness (QED) is 0.695. The second-order valence-corrected chi connectivity index (χ2v) is 7.56. The van der Waals surface area contributed by atoms with Gasteiger partial charge in [0.05, 0.1) is 13.1 Å². The average Bonchev–Trinajstić information content (AvgIpc) is 3.01. The largest absolute Gasteiger partial charge is 0.338 e. The Bertz CT molecular complexity index is 730. The van der Waals surface area contributed by atoms with Crippen molar-refractivity contribution in [3.63, 3.8) is 0 Å². The van der Waals surface area contributed by atoms with Gasteiger partial charge in [0.1, 0.15) is 5.82 Å². The standard InChI is InChI=1S/C19H26Cl2N4O/c1-4-7-23-19(26)25(11-14(2)3)13-18-22-8-9-24(18)12-15-5-6-16(20)10-17(15)21/h5-6,8-10,14H,4,7,11-13H2,1-3H3,(H,23,26). The minimum Gasteiger partial charge on any atom is -0.338 e. The van der Waals surface area contributed by atoms with Crippen LogP contribution in [-0.2, 0) is 13.1 Å². The highest BCUT2D eigenvalue weighted by Gasteiger charge is 2.17. The monoisotopic (exact) mass is 396 g/mol. The van der Waals surface area contributed by atoms with E-state index in [1.54, 1.807) is 12.3 Å². The number of halogens is 2. The van der Waals surface area contributed by atoms with Gasteiger partial charge in [-0.1, -0.05) is 50.0 Å². The third-order valence-corrected chi connectivity index (χ3v) is 4.48. The first-order valence-electron chi connectivity index (χ1n) is 8.87. The fourth-order valence-electron chi connectivity index (χ4n) is 2.64. The average molecular weight is 397 g/mol. The van der Waals surface area contributed by atoms with Gasteiger partial charge in [0, 0.05) is 35.5 Å². The number of nitrogens with one attached hydrogen (secondary N) is 1. The van der Waals surface area contributed by atoms with E-state index in [2.05, 4.69) is 24.1 Å². The third-order valence-electron chi connectivity index (χ3n) is 3.89. The maximum Gasteiger partial charge on any atom is 0.317 e. The Morgan fingerprint density at radius 1 is 1.35 bits per heavy atom. The predicted molar refractivity (Wildman–Crippen MR) is 107 cm³/mol. The first-order chi connectivity index (χ1) is 12.4. The number of nitrogens with zero attached hydrogens (tertiary/aromatic N) is 3. The van der Waals surface area contributed by atoms with Gasteiger partial charge in [-0.25, -0.2) is 9.78 Å². The number of carbonyl (C=O) groups excluding carboxylic acids is 1. The number of imidazole rings is 1. The number of hydrogen-bond donors (Lipinski definition) is 1. The third kappa shape index (κ3) is 5.92. The van der Waals surface area contributed by atoms with Crippen molar-refractivity contribution in [3.05, 3.63) is 52.0 Å². The second-order valence-electron chi connectivity index (χ2n) is 6.71. The molecule has 0 aliphatic heterocycles. The Labute approximate surface area is 165 Å². The zero-order chi connectivity index (χ0) is 19.1. The van der Waals surface area contributed by atoms with Gasteiger partial charge in [0.25, 0.3) is 0 Å². The van der Waals surface area contributed by atoms with Crippen LogP contribution in [-0.4, -0.2) is 33.6 Å². The van der Waals surface area contributed by atoms with Crippen molar-refractivity contribution < 1.29 is 4.79 Å². The lowest BCUT2D eigenvalue weighted by Gasteiger charge is -2.25. The highest BCUT2D eigenvalue weighted by atomic mass is 35.5. The van der Waals surface area contributed by atoms with E-state index in [9.17, 15) is 4.79 Å². The molecule has 142 valence electrons. The zero-order valence-corrected chi connectivity index (χ0v) is 17.0. The molecule has 0 saturated heterocycles. The number of urea groups is 1. The summed E-state index contributed by atoms with van der Waals surface area (Å²) in [5.74, 6) is 1.19. The predicted octanol–water partition coefficient (Wildman–Crippen LogP) is 4.82. The van der Waals surface area contributed by atoms with Crippen LogP contribution < -0.4 is 5.32 Å². The molecule has 2 rings (SSSR count). The Kier molecular flexibility index (Phi) is 7.79. The van der Waals surface area contributed by atoms with Crippen LogP contribution in [0, 0.1) is 5.92 Å². The fourth-order valence-corrected chi connectivity index (χ4v) is 3.11. The van der Waals surface area contributed by atoms with Gasteiger partial charge in [0.2, 0.25) is 0 Å². The Morgan fingerprint density at radius 3 is 2.77 bits per heavy atom. The molecular formula is C19H26Cl2N4O. The van der Waals surface area contributed by atoms with Gasteiger partial charge in [-0.05, 0) is 30.0 Å². The molecule has 7 heteroatoms. The van der Waals surface area contributed by atoms with E-state index in [0.717, 1.165) is 17.8 Å². The van der Waals surface area contributed by atoms with Gasteiger partial charge >= 0.3 is 6.03 Å². The summed E-state index contributed by atoms with van der Waals surface area (Å²) in [5.41, 5.74) is 0.959. The molecule has 0 fully saturated rings. The van der Waals surface area contributed by atoms with Crippen molar-refractivity contribution in [1.29, 1.82) is 0 Å². The number of aromatic nitrogens is 2. The summed E-state index contributed by atoms with van der Waals surface area (Å²) in [7, 11) is 0. The molecule has 0 aliphatic rings. The number of amides is 2. The van der Waals surface area contributed by atoms with E-state index in [1.165, 1.54) is 0 Å². The fraction of sp³-hybridized carbons (Fsp3) is 0.474. The van der Waals surface area contributed by atoms with E-state index < -0.39 is 0 Å². The molecule has 1 heterocycles. The molecule has 2 aromatic rings. The van der Waals surface area contributed by atoms with Crippen molar-refractivity contribution in [2.45, 2.75) is 40.3 Å². The van der Waals surface area contributed by atoms with E-state index >= 15 is 0 Å². The van der Waals surface area contributed by atoms with Crippen LogP contribution in [0.15, 0.2) is 30.6 Å². The SMILES string of the molecule is CCCNC(=O)N(Cc1nccn1Cc1ccc(Cl)cc1Cl)CC(C)C. The minimum atomic E-state index is -0.0559. The lowest BCUT2D eigenvalue weighted by molar-refractivity contribution is 0.185. The lowest BCUT2D eigenvalue weighted by Crippen LogP contribution is -2.42. The summed E-state index contributed by atoms with van der Waals surface area (Å²) in [5, 5.41) is 4.18. The number of carbonyl (C=O) groups is 1. The number of rotatable bonds is 8. The zero-order valence-electron chi connectivity index (χ0n) is 15.5. The Hall–Kier alpha value is -1.72. The highest BCUT2D eigenvalue weighted by molar-refractivity contribution is 6.35. The molecule has 1 aromatic carbocycles. The van der Waals surface area contributed by atoms with Crippen molar-refractivity contribution in [2.24, 2.45) is 5.92 Å². The van der Waals surface area contributed by atoms with E-state index in [4.69, 9.17) is 23.2 Å². The molecule has 0 atom stereocenters. The molecule has 26 heavy (non-hydrogen) atoms. The van der Waals surface area contributed by atoms with E-state index in [0.29, 0.717) is 42.1 Å². The summed E-state index contributed by atoms with van der Waals surface area (Å²) >= 11 is 12.3. The number of hydrogen-bond acceptors (Lipinski definition) is 2. The molecule has 0 radical (unpaired) electrons. The second kappa shape index (κ2) is 9.83. The molecule has 5 nitrogen and oxygen atoms in total. The van der Waals surface area contributed by atoms with Crippen LogP contribution in [0.3, 0.4) is 0 Å². The molecule has 1 N–H and O–H groups in total. The molecule has 0 unspecified atom stereocenters. The Balaban J connectivity index is 2.14. The summed E-state index contributed by atoms with van der Waals surface area (Å²) in [4.78, 5) is 18.7. The topological polar surface area (TPSA) is 50.2 Å². The molecular weight excluding hydrogens is 371 g/mol. The van der Waals surface area contributed by atoms with Gasteiger partial charge in [0.15, 0.2) is 0 Å². The van der Waals surface area contributed by atoms with Crippen molar-refractivity contribution in [1.82, 2.24) is 19.8 Å².